The number of carboxylic acid groups (broad SMARTS) is 1. The highest BCUT2D eigenvalue weighted by atomic mass is 35.5. The second-order valence-electron chi connectivity index (χ2n) is 8.05. The van der Waals surface area contributed by atoms with Crippen molar-refractivity contribution >= 4 is 86.9 Å². The summed E-state index contributed by atoms with van der Waals surface area (Å²) in [5.41, 5.74) is 9.71. The molecule has 6 N–H and O–H groups in total. The van der Waals surface area contributed by atoms with Crippen molar-refractivity contribution in [2.24, 2.45) is 5.16 Å². The number of nitrogens with two attached hydrogens (primary N) is 1. The number of pyridine rings is 1. The van der Waals surface area contributed by atoms with Crippen molar-refractivity contribution in [1.29, 1.82) is 0 Å². The van der Waals surface area contributed by atoms with Crippen molar-refractivity contribution in [3.63, 3.8) is 0 Å². The van der Waals surface area contributed by atoms with Gasteiger partial charge in [0.05, 0.1) is 18.2 Å². The van der Waals surface area contributed by atoms with Gasteiger partial charge in [-0.15, -0.1) is 11.8 Å². The molecule has 0 aromatic carbocycles. The van der Waals surface area contributed by atoms with E-state index in [1.54, 1.807) is 30.2 Å². The molecule has 2 aromatic heterocycles. The predicted octanol–water partition coefficient (Wildman–Crippen LogP) is 0.0927. The fraction of sp³-hybridized carbons (Fsp3) is 0.364. The number of oxime groups is 1. The molecule has 214 valence electrons. The number of hydrogen-bond acceptors (Lipinski definition) is 13. The molecule has 4 heterocycles. The summed E-state index contributed by atoms with van der Waals surface area (Å²) in [4.78, 5) is 53.8. The van der Waals surface area contributed by atoms with E-state index < -0.39 is 48.2 Å². The van der Waals surface area contributed by atoms with E-state index in [-0.39, 0.29) is 26.6 Å². The summed E-state index contributed by atoms with van der Waals surface area (Å²) in [5.74, 6) is -1.20. The van der Waals surface area contributed by atoms with Gasteiger partial charge in [0.1, 0.15) is 34.7 Å². The van der Waals surface area contributed by atoms with E-state index in [1.165, 1.54) is 23.5 Å². The van der Waals surface area contributed by atoms with Gasteiger partial charge >= 0.3 is 0 Å². The van der Waals surface area contributed by atoms with Crippen LogP contribution in [0.2, 0.25) is 4.34 Å². The van der Waals surface area contributed by atoms with Crippen LogP contribution in [0.3, 0.4) is 0 Å². The van der Waals surface area contributed by atoms with Crippen molar-refractivity contribution < 1.29 is 34.5 Å². The SMILES string of the molecule is Nc1nc(/C(=N/OCCF)C(=O)N[C@@H]2C(=O)N3C(C(=O)[O-])=C(Sc4ccncc4CSCC[NH3+])CS[C@H]23)c(Cl)s1. The van der Waals surface area contributed by atoms with Crippen LogP contribution in [0, 0.1) is 0 Å². The van der Waals surface area contributed by atoms with E-state index in [2.05, 4.69) is 26.2 Å². The van der Waals surface area contributed by atoms with Crippen molar-refractivity contribution in [3.05, 3.63) is 44.7 Å². The number of carbonyl (C=O) groups is 3. The molecule has 12 nitrogen and oxygen atoms in total. The smallest absolute Gasteiger partial charge is 0.276 e. The number of aromatic nitrogens is 2. The number of quaternary nitrogens is 1. The van der Waals surface area contributed by atoms with Gasteiger partial charge in [0.25, 0.3) is 11.8 Å². The maximum atomic E-state index is 13.1. The second kappa shape index (κ2) is 13.9. The number of fused-ring (bicyclic) bond motifs is 1. The first-order valence-corrected chi connectivity index (χ1v) is 15.8. The number of nitrogens with zero attached hydrogens (tertiary/aromatic N) is 4. The zero-order valence-corrected chi connectivity index (χ0v) is 24.7. The van der Waals surface area contributed by atoms with Gasteiger partial charge in [-0.3, -0.25) is 19.5 Å². The summed E-state index contributed by atoms with van der Waals surface area (Å²) in [6, 6.07) is 0.722. The topological polar surface area (TPSA) is 191 Å². The number of rotatable bonds is 13. The zero-order valence-electron chi connectivity index (χ0n) is 20.6. The van der Waals surface area contributed by atoms with E-state index in [4.69, 9.17) is 22.2 Å². The summed E-state index contributed by atoms with van der Waals surface area (Å²) in [6.07, 6.45) is 3.35. The van der Waals surface area contributed by atoms with Crippen LogP contribution in [-0.4, -0.2) is 81.1 Å². The summed E-state index contributed by atoms with van der Waals surface area (Å²) >= 11 is 11.2. The molecule has 1 saturated heterocycles. The average Bonchev–Trinajstić information content (AvgIpc) is 3.27. The number of thioether (sulfide) groups is 3. The van der Waals surface area contributed by atoms with Gasteiger partial charge in [-0.2, -0.15) is 11.8 Å². The van der Waals surface area contributed by atoms with Gasteiger partial charge in [0, 0.05) is 39.5 Å². The number of thiazole rings is 1. The van der Waals surface area contributed by atoms with Crippen LogP contribution in [0.15, 0.2) is 39.1 Å². The maximum Gasteiger partial charge on any atom is 0.276 e. The number of amides is 2. The molecule has 2 aliphatic heterocycles. The zero-order chi connectivity index (χ0) is 28.8. The van der Waals surface area contributed by atoms with Gasteiger partial charge in [-0.25, -0.2) is 9.37 Å². The van der Waals surface area contributed by atoms with Crippen LogP contribution in [-0.2, 0) is 25.0 Å². The fourth-order valence-corrected chi connectivity index (χ4v) is 8.09. The van der Waals surface area contributed by atoms with Gasteiger partial charge in [-0.05, 0) is 11.6 Å². The standard InChI is InChI=1S/C22H23ClFN7O5S4/c23-17-13(29-22(26)40-17)14(30-36-5-2-24)18(32)28-15-19(33)31-16(21(34)35)12(9-38-20(15)31)39-11-1-4-27-7-10(11)8-37-6-3-25/h1,4,7,15,20H,2-3,5-6,8-9,25H2,(H2,26,29)(H,28,32)(H,34,35)/b30-14-/t15-,20-/m1/s1. The number of halogens is 2. The Labute approximate surface area is 249 Å². The number of anilines is 1. The Morgan fingerprint density at radius 3 is 2.92 bits per heavy atom. The minimum atomic E-state index is -1.50. The summed E-state index contributed by atoms with van der Waals surface area (Å²) in [7, 11) is 0. The Morgan fingerprint density at radius 2 is 2.25 bits per heavy atom. The molecule has 40 heavy (non-hydrogen) atoms. The highest BCUT2D eigenvalue weighted by Crippen LogP contribution is 2.45. The first-order valence-electron chi connectivity index (χ1n) is 11.6. The number of nitrogen functional groups attached to an aromatic ring is 1. The first-order chi connectivity index (χ1) is 19.3. The first kappa shape index (κ1) is 30.4. The molecule has 2 amide bonds. The van der Waals surface area contributed by atoms with E-state index in [0.29, 0.717) is 10.7 Å². The number of nitrogens with one attached hydrogen (secondary N) is 1. The lowest BCUT2D eigenvalue weighted by atomic mass is 10.0. The van der Waals surface area contributed by atoms with E-state index in [9.17, 15) is 23.9 Å². The van der Waals surface area contributed by atoms with Crippen LogP contribution in [0.1, 0.15) is 11.3 Å². The van der Waals surface area contributed by atoms with Crippen LogP contribution in [0.4, 0.5) is 9.52 Å². The second-order valence-corrected chi connectivity index (χ2v) is 13.0. The Bertz CT molecular complexity index is 1360. The average molecular weight is 648 g/mol. The highest BCUT2D eigenvalue weighted by molar-refractivity contribution is 8.06. The van der Waals surface area contributed by atoms with Gasteiger partial charge in [-0.1, -0.05) is 39.9 Å². The Hall–Kier alpha value is -2.57. The minimum Gasteiger partial charge on any atom is -0.543 e. The Balaban J connectivity index is 1.53. The molecule has 0 bridgehead atoms. The molecule has 2 atom stereocenters. The van der Waals surface area contributed by atoms with Crippen LogP contribution < -0.4 is 21.9 Å². The number of β-lactam (4-membered cyclic amide) rings is 1. The van der Waals surface area contributed by atoms with Gasteiger partial charge in [0.2, 0.25) is 0 Å². The monoisotopic (exact) mass is 647 g/mol. The third-order valence-corrected chi connectivity index (χ3v) is 10.3. The van der Waals surface area contributed by atoms with E-state index in [1.807, 2.05) is 0 Å². The van der Waals surface area contributed by atoms with Gasteiger partial charge in [0.15, 0.2) is 10.8 Å². The molecule has 4 rings (SSSR count). The normalized spacial score (nSPS) is 18.8. The number of alkyl halides is 1. The van der Waals surface area contributed by atoms with E-state index in [0.717, 1.165) is 39.0 Å². The van der Waals surface area contributed by atoms with Crippen molar-refractivity contribution in [2.45, 2.75) is 22.1 Å². The molecular weight excluding hydrogens is 625 g/mol. The summed E-state index contributed by atoms with van der Waals surface area (Å²) < 4.78 is 12.6. The molecule has 0 unspecified atom stereocenters. The van der Waals surface area contributed by atoms with Crippen molar-refractivity contribution in [3.8, 4) is 0 Å². The number of aliphatic carboxylic acids is 1. The molecule has 0 spiro atoms. The highest BCUT2D eigenvalue weighted by Gasteiger charge is 2.53. The largest absolute Gasteiger partial charge is 0.543 e. The molecule has 0 saturated carbocycles. The number of carboxylic acids is 1. The molecule has 0 aliphatic carbocycles. The lowest BCUT2D eigenvalue weighted by molar-refractivity contribution is -0.360. The number of hydrogen-bond donors (Lipinski definition) is 3. The maximum absolute atomic E-state index is 13.1. The third-order valence-electron chi connectivity index (χ3n) is 5.42. The molecule has 2 aromatic rings. The van der Waals surface area contributed by atoms with Crippen molar-refractivity contribution in [1.82, 2.24) is 20.2 Å². The molecule has 0 radical (unpaired) electrons. The summed E-state index contributed by atoms with van der Waals surface area (Å²) in [5, 5.41) is 17.7. The Morgan fingerprint density at radius 1 is 1.45 bits per heavy atom. The predicted molar refractivity (Wildman–Crippen MR) is 151 cm³/mol. The fourth-order valence-electron chi connectivity index (χ4n) is 3.71. The Kier molecular flexibility index (Phi) is 10.5. The lowest BCUT2D eigenvalue weighted by Crippen LogP contribution is -2.71. The molecule has 2 aliphatic rings. The summed E-state index contributed by atoms with van der Waals surface area (Å²) in [6.45, 7) is -0.492. The van der Waals surface area contributed by atoms with Crippen molar-refractivity contribution in [2.75, 3.05) is 37.1 Å². The van der Waals surface area contributed by atoms with Crippen LogP contribution >= 0.6 is 58.2 Å². The van der Waals surface area contributed by atoms with Crippen LogP contribution in [0.5, 0.6) is 0 Å². The van der Waals surface area contributed by atoms with Crippen LogP contribution in [0.25, 0.3) is 0 Å². The molecule has 18 heteroatoms. The van der Waals surface area contributed by atoms with E-state index >= 15 is 0 Å². The molecular formula is C22H23ClFN7O5S4. The van der Waals surface area contributed by atoms with Gasteiger partial charge < -0.3 is 31.5 Å². The molecule has 1 fully saturated rings. The number of carbonyl (C=O) groups excluding carboxylic acids is 3. The quantitative estimate of drug-likeness (QED) is 0.116. The minimum absolute atomic E-state index is 0.0490. The third kappa shape index (κ3) is 6.66. The lowest BCUT2D eigenvalue weighted by Gasteiger charge is -2.50.